The van der Waals surface area contributed by atoms with Crippen LogP contribution in [-0.4, -0.2) is 47.3 Å². The van der Waals surface area contributed by atoms with Crippen LogP contribution in [0, 0.1) is 13.8 Å². The van der Waals surface area contributed by atoms with Gasteiger partial charge in [-0.2, -0.15) is 0 Å². The molecule has 0 unspecified atom stereocenters. The molecule has 0 bridgehead atoms. The number of urea groups is 1. The number of aryl methyl sites for hydroxylation is 2. The summed E-state index contributed by atoms with van der Waals surface area (Å²) in [4.78, 5) is 42.2. The summed E-state index contributed by atoms with van der Waals surface area (Å²) >= 11 is 0. The van der Waals surface area contributed by atoms with E-state index in [0.717, 1.165) is 21.6 Å². The minimum absolute atomic E-state index is 0.294. The van der Waals surface area contributed by atoms with Gasteiger partial charge in [0.2, 0.25) is 5.91 Å². The molecular formula is C25H29N3O3. The zero-order valence-electron chi connectivity index (χ0n) is 18.6. The normalized spacial score (nSPS) is 18.1. The van der Waals surface area contributed by atoms with E-state index >= 15 is 0 Å². The molecule has 1 atom stereocenters. The van der Waals surface area contributed by atoms with Crippen LogP contribution in [0.1, 0.15) is 36.1 Å². The van der Waals surface area contributed by atoms with Gasteiger partial charge in [0, 0.05) is 13.1 Å². The average Bonchev–Trinajstić information content (AvgIpc) is 3.00. The Labute approximate surface area is 183 Å². The Bertz CT molecular complexity index is 1030. The second-order valence-corrected chi connectivity index (χ2v) is 8.10. The highest BCUT2D eigenvalue weighted by molar-refractivity contribution is 6.11. The molecule has 162 valence electrons. The Hall–Kier alpha value is -3.41. The van der Waals surface area contributed by atoms with Crippen LogP contribution in [0.3, 0.4) is 0 Å². The molecular weight excluding hydrogens is 390 g/mol. The quantitative estimate of drug-likeness (QED) is 0.551. The second kappa shape index (κ2) is 8.76. The molecule has 1 aliphatic heterocycles. The fourth-order valence-corrected chi connectivity index (χ4v) is 3.88. The van der Waals surface area contributed by atoms with Crippen LogP contribution in [0.25, 0.3) is 0 Å². The number of rotatable bonds is 7. The smallest absolute Gasteiger partial charge is 0.326 e. The molecule has 0 aliphatic carbocycles. The summed E-state index contributed by atoms with van der Waals surface area (Å²) in [7, 11) is 0. The third-order valence-corrected chi connectivity index (χ3v) is 5.74. The third kappa shape index (κ3) is 4.10. The first kappa shape index (κ1) is 22.3. The molecule has 2 aromatic rings. The summed E-state index contributed by atoms with van der Waals surface area (Å²) in [6, 6.07) is 14.3. The molecule has 1 aliphatic rings. The van der Waals surface area contributed by atoms with Crippen molar-refractivity contribution in [3.8, 4) is 0 Å². The summed E-state index contributed by atoms with van der Waals surface area (Å²) < 4.78 is 0. The Kier molecular flexibility index (Phi) is 6.29. The topological polar surface area (TPSA) is 69.7 Å². The summed E-state index contributed by atoms with van der Waals surface area (Å²) in [5.74, 6) is -0.746. The van der Waals surface area contributed by atoms with Crippen molar-refractivity contribution < 1.29 is 14.4 Å². The predicted molar refractivity (Wildman–Crippen MR) is 120 cm³/mol. The van der Waals surface area contributed by atoms with E-state index in [4.69, 9.17) is 0 Å². The van der Waals surface area contributed by atoms with E-state index < -0.39 is 17.5 Å². The van der Waals surface area contributed by atoms with Gasteiger partial charge in [-0.1, -0.05) is 60.7 Å². The molecule has 2 aromatic carbocycles. The predicted octanol–water partition coefficient (Wildman–Crippen LogP) is 3.52. The van der Waals surface area contributed by atoms with E-state index in [0.29, 0.717) is 24.2 Å². The average molecular weight is 420 g/mol. The summed E-state index contributed by atoms with van der Waals surface area (Å²) in [6.07, 6.45) is 0. The number of imide groups is 1. The number of carbonyl (C=O) groups excluding carboxylic acids is 3. The van der Waals surface area contributed by atoms with Crippen molar-refractivity contribution in [3.63, 3.8) is 0 Å². The molecule has 0 radical (unpaired) electrons. The molecule has 0 spiro atoms. The fraction of sp³-hybridized carbons (Fsp3) is 0.320. The number of nitrogens with zero attached hydrogens (tertiary/aromatic N) is 2. The molecule has 31 heavy (non-hydrogen) atoms. The van der Waals surface area contributed by atoms with Gasteiger partial charge in [0.05, 0.1) is 0 Å². The van der Waals surface area contributed by atoms with Crippen molar-refractivity contribution in [1.29, 1.82) is 0 Å². The molecule has 6 heteroatoms. The van der Waals surface area contributed by atoms with E-state index in [9.17, 15) is 14.4 Å². The third-order valence-electron chi connectivity index (χ3n) is 5.74. The number of carbonyl (C=O) groups is 3. The molecule has 3 rings (SSSR count). The first-order valence-corrected chi connectivity index (χ1v) is 10.4. The second-order valence-electron chi connectivity index (χ2n) is 8.10. The lowest BCUT2D eigenvalue weighted by atomic mass is 9.81. The van der Waals surface area contributed by atoms with Crippen LogP contribution in [0.15, 0.2) is 60.7 Å². The highest BCUT2D eigenvalue weighted by Gasteiger charge is 2.54. The van der Waals surface area contributed by atoms with Gasteiger partial charge < -0.3 is 10.2 Å². The van der Waals surface area contributed by atoms with Crippen molar-refractivity contribution in [2.45, 2.75) is 33.2 Å². The molecule has 6 nitrogen and oxygen atoms in total. The number of benzene rings is 2. The van der Waals surface area contributed by atoms with E-state index in [2.05, 4.69) is 11.9 Å². The van der Waals surface area contributed by atoms with Gasteiger partial charge in [0.1, 0.15) is 6.54 Å². The molecule has 0 saturated carbocycles. The lowest BCUT2D eigenvalue weighted by Crippen LogP contribution is -2.46. The molecule has 4 amide bonds. The van der Waals surface area contributed by atoms with E-state index in [-0.39, 0.29) is 12.5 Å². The number of nitrogens with one attached hydrogen (secondary N) is 1. The Morgan fingerprint density at radius 1 is 1.06 bits per heavy atom. The summed E-state index contributed by atoms with van der Waals surface area (Å²) in [5, 5.41) is 2.90. The Balaban J connectivity index is 2.03. The van der Waals surface area contributed by atoms with Crippen molar-refractivity contribution >= 4 is 17.8 Å². The molecule has 1 N–H and O–H groups in total. The fourth-order valence-electron chi connectivity index (χ4n) is 3.88. The zero-order chi connectivity index (χ0) is 22.8. The van der Waals surface area contributed by atoms with Gasteiger partial charge in [-0.15, -0.1) is 0 Å². The Morgan fingerprint density at radius 2 is 1.74 bits per heavy atom. The minimum Gasteiger partial charge on any atom is -0.337 e. The maximum atomic E-state index is 13.8. The maximum Gasteiger partial charge on any atom is 0.326 e. The van der Waals surface area contributed by atoms with Crippen molar-refractivity contribution in [2.24, 2.45) is 0 Å². The molecule has 1 fully saturated rings. The van der Waals surface area contributed by atoms with Crippen molar-refractivity contribution in [1.82, 2.24) is 15.1 Å². The van der Waals surface area contributed by atoms with Crippen LogP contribution in [0.4, 0.5) is 4.79 Å². The standard InChI is InChI=1S/C25H29N3O3/c1-6-27(15-17(2)3)22(29)16-28-23(30)25(26-24(28)31,20-10-8-7-9-11-20)21-13-12-18(4)19(5)14-21/h7-14H,2,6,15-16H2,1,3-5H3,(H,26,31)/t25-/m0/s1. The number of amides is 4. The minimum atomic E-state index is -1.37. The van der Waals surface area contributed by atoms with Gasteiger partial charge in [-0.25, -0.2) is 4.79 Å². The van der Waals surface area contributed by atoms with Gasteiger partial charge in [0.25, 0.3) is 5.91 Å². The summed E-state index contributed by atoms with van der Waals surface area (Å²) in [5.41, 5.74) is 2.89. The first-order chi connectivity index (χ1) is 14.7. The van der Waals surface area contributed by atoms with E-state index in [1.807, 2.05) is 76.2 Å². The number of likely N-dealkylation sites (N-methyl/N-ethyl adjacent to an activating group) is 1. The Morgan fingerprint density at radius 3 is 2.32 bits per heavy atom. The van der Waals surface area contributed by atoms with Crippen molar-refractivity contribution in [2.75, 3.05) is 19.6 Å². The van der Waals surface area contributed by atoms with E-state index in [1.54, 1.807) is 4.90 Å². The highest BCUT2D eigenvalue weighted by atomic mass is 16.2. The van der Waals surface area contributed by atoms with Gasteiger partial charge in [-0.3, -0.25) is 14.5 Å². The maximum absolute atomic E-state index is 13.8. The van der Waals surface area contributed by atoms with Crippen molar-refractivity contribution in [3.05, 3.63) is 82.9 Å². The van der Waals surface area contributed by atoms with Crippen LogP contribution in [-0.2, 0) is 15.1 Å². The zero-order valence-corrected chi connectivity index (χ0v) is 18.6. The molecule has 0 aromatic heterocycles. The summed E-state index contributed by atoms with van der Waals surface area (Å²) in [6.45, 7) is 12.1. The largest absolute Gasteiger partial charge is 0.337 e. The lowest BCUT2D eigenvalue weighted by Gasteiger charge is -2.29. The highest BCUT2D eigenvalue weighted by Crippen LogP contribution is 2.36. The first-order valence-electron chi connectivity index (χ1n) is 10.4. The number of hydrogen-bond donors (Lipinski definition) is 1. The molecule has 1 heterocycles. The van der Waals surface area contributed by atoms with E-state index in [1.165, 1.54) is 0 Å². The SMILES string of the molecule is C=C(C)CN(CC)C(=O)CN1C(=O)N[C@@](c2ccccc2)(c2ccc(C)c(C)c2)C1=O. The van der Waals surface area contributed by atoms with Crippen LogP contribution in [0.5, 0.6) is 0 Å². The van der Waals surface area contributed by atoms with Crippen LogP contribution in [0.2, 0.25) is 0 Å². The van der Waals surface area contributed by atoms with Gasteiger partial charge >= 0.3 is 6.03 Å². The monoisotopic (exact) mass is 419 g/mol. The van der Waals surface area contributed by atoms with Crippen LogP contribution >= 0.6 is 0 Å². The number of hydrogen-bond acceptors (Lipinski definition) is 3. The van der Waals surface area contributed by atoms with Gasteiger partial charge in [0.15, 0.2) is 5.54 Å². The molecule has 1 saturated heterocycles. The van der Waals surface area contributed by atoms with Crippen LogP contribution < -0.4 is 5.32 Å². The lowest BCUT2D eigenvalue weighted by molar-refractivity contribution is -0.138. The van der Waals surface area contributed by atoms with Gasteiger partial charge in [-0.05, 0) is 49.9 Å².